The number of rotatable bonds is 8. The number of nitrogens with zero attached hydrogens (tertiary/aromatic N) is 1. The van der Waals surface area contributed by atoms with E-state index in [2.05, 4.69) is 11.5 Å². The molecular formula is C12H24N2O. The van der Waals surface area contributed by atoms with Crippen LogP contribution in [0.4, 0.5) is 0 Å². The van der Waals surface area contributed by atoms with E-state index in [1.165, 1.54) is 19.3 Å². The van der Waals surface area contributed by atoms with Gasteiger partial charge >= 0.3 is 0 Å². The number of hydrogen-bond donors (Lipinski definition) is 1. The summed E-state index contributed by atoms with van der Waals surface area (Å²) in [7, 11) is 1.74. The van der Waals surface area contributed by atoms with Gasteiger partial charge in [-0.3, -0.25) is 4.90 Å². The lowest BCUT2D eigenvalue weighted by Crippen LogP contribution is -2.49. The highest BCUT2D eigenvalue weighted by molar-refractivity contribution is 4.93. The minimum atomic E-state index is 0.131. The summed E-state index contributed by atoms with van der Waals surface area (Å²) in [5.41, 5.74) is 6.32. The fourth-order valence-corrected chi connectivity index (χ4v) is 1.96. The van der Waals surface area contributed by atoms with Gasteiger partial charge in [0.15, 0.2) is 0 Å². The Kier molecular flexibility index (Phi) is 5.29. The van der Waals surface area contributed by atoms with Crippen molar-refractivity contribution in [3.63, 3.8) is 0 Å². The SMILES string of the molecule is C=CCN(CCOC)CCC1(N)CCC1. The van der Waals surface area contributed by atoms with E-state index in [9.17, 15) is 0 Å². The van der Waals surface area contributed by atoms with Crippen molar-refractivity contribution in [3.05, 3.63) is 12.7 Å². The first kappa shape index (κ1) is 12.7. The van der Waals surface area contributed by atoms with Crippen LogP contribution in [0.2, 0.25) is 0 Å². The summed E-state index contributed by atoms with van der Waals surface area (Å²) in [6.45, 7) is 7.52. The third-order valence-corrected chi connectivity index (χ3v) is 3.27. The van der Waals surface area contributed by atoms with Crippen molar-refractivity contribution in [1.29, 1.82) is 0 Å². The van der Waals surface area contributed by atoms with Crippen molar-refractivity contribution < 1.29 is 4.74 Å². The molecule has 3 heteroatoms. The molecule has 1 aliphatic carbocycles. The third kappa shape index (κ3) is 4.33. The lowest BCUT2D eigenvalue weighted by Gasteiger charge is -2.39. The van der Waals surface area contributed by atoms with Crippen LogP contribution in [-0.2, 0) is 4.74 Å². The maximum Gasteiger partial charge on any atom is 0.0589 e. The summed E-state index contributed by atoms with van der Waals surface area (Å²) < 4.78 is 5.08. The summed E-state index contributed by atoms with van der Waals surface area (Å²) in [6.07, 6.45) is 6.73. The van der Waals surface area contributed by atoms with E-state index in [-0.39, 0.29) is 5.54 Å². The molecule has 0 heterocycles. The zero-order valence-corrected chi connectivity index (χ0v) is 9.87. The van der Waals surface area contributed by atoms with E-state index < -0.39 is 0 Å². The van der Waals surface area contributed by atoms with Crippen molar-refractivity contribution in [1.82, 2.24) is 4.90 Å². The van der Waals surface area contributed by atoms with Gasteiger partial charge in [0.2, 0.25) is 0 Å². The molecular weight excluding hydrogens is 188 g/mol. The van der Waals surface area contributed by atoms with Gasteiger partial charge in [-0.05, 0) is 25.7 Å². The second kappa shape index (κ2) is 6.26. The van der Waals surface area contributed by atoms with Gasteiger partial charge in [0, 0.05) is 32.3 Å². The topological polar surface area (TPSA) is 38.5 Å². The average molecular weight is 212 g/mol. The highest BCUT2D eigenvalue weighted by Gasteiger charge is 2.32. The van der Waals surface area contributed by atoms with Gasteiger partial charge in [0.05, 0.1) is 6.61 Å². The Bertz CT molecular complexity index is 190. The Hall–Kier alpha value is -0.380. The Balaban J connectivity index is 2.20. The van der Waals surface area contributed by atoms with Gasteiger partial charge in [-0.25, -0.2) is 0 Å². The Morgan fingerprint density at radius 3 is 2.67 bits per heavy atom. The number of ether oxygens (including phenoxy) is 1. The van der Waals surface area contributed by atoms with Gasteiger partial charge < -0.3 is 10.5 Å². The van der Waals surface area contributed by atoms with Crippen molar-refractivity contribution in [3.8, 4) is 0 Å². The normalized spacial score (nSPS) is 18.9. The van der Waals surface area contributed by atoms with E-state index in [4.69, 9.17) is 10.5 Å². The Morgan fingerprint density at radius 1 is 1.47 bits per heavy atom. The zero-order chi connectivity index (χ0) is 11.1. The molecule has 0 amide bonds. The van der Waals surface area contributed by atoms with Crippen molar-refractivity contribution in [2.24, 2.45) is 5.73 Å². The van der Waals surface area contributed by atoms with Crippen LogP contribution in [0.15, 0.2) is 12.7 Å². The third-order valence-electron chi connectivity index (χ3n) is 3.27. The molecule has 0 aliphatic heterocycles. The molecule has 1 rings (SSSR count). The smallest absolute Gasteiger partial charge is 0.0589 e. The fraction of sp³-hybridized carbons (Fsp3) is 0.833. The van der Waals surface area contributed by atoms with Crippen molar-refractivity contribution >= 4 is 0 Å². The molecule has 2 N–H and O–H groups in total. The molecule has 1 aliphatic rings. The molecule has 88 valence electrons. The largest absolute Gasteiger partial charge is 0.383 e. The number of hydrogen-bond acceptors (Lipinski definition) is 3. The van der Waals surface area contributed by atoms with Gasteiger partial charge in [-0.2, -0.15) is 0 Å². The van der Waals surface area contributed by atoms with Crippen molar-refractivity contribution in [2.75, 3.05) is 33.4 Å². The van der Waals surface area contributed by atoms with E-state index in [1.807, 2.05) is 6.08 Å². The lowest BCUT2D eigenvalue weighted by molar-refractivity contribution is 0.137. The second-order valence-corrected chi connectivity index (χ2v) is 4.55. The number of nitrogens with two attached hydrogens (primary N) is 1. The molecule has 1 saturated carbocycles. The van der Waals surface area contributed by atoms with Crippen molar-refractivity contribution in [2.45, 2.75) is 31.2 Å². The van der Waals surface area contributed by atoms with E-state index in [0.717, 1.165) is 32.7 Å². The van der Waals surface area contributed by atoms with Crippen LogP contribution in [0, 0.1) is 0 Å². The molecule has 0 atom stereocenters. The standard InChI is InChI=1S/C12H24N2O/c1-3-8-14(10-11-15-2)9-7-12(13)5-4-6-12/h3H,1,4-11,13H2,2H3. The predicted octanol–water partition coefficient (Wildman–Crippen LogP) is 1.39. The zero-order valence-electron chi connectivity index (χ0n) is 9.87. The highest BCUT2D eigenvalue weighted by atomic mass is 16.5. The Labute approximate surface area is 93.3 Å². The first-order valence-corrected chi connectivity index (χ1v) is 5.81. The molecule has 0 unspecified atom stereocenters. The van der Waals surface area contributed by atoms with Crippen LogP contribution in [0.25, 0.3) is 0 Å². The van der Waals surface area contributed by atoms with Crippen LogP contribution in [0.3, 0.4) is 0 Å². The number of methoxy groups -OCH3 is 1. The summed E-state index contributed by atoms with van der Waals surface area (Å²) in [5, 5.41) is 0. The first-order valence-electron chi connectivity index (χ1n) is 5.81. The van der Waals surface area contributed by atoms with Crippen LogP contribution >= 0.6 is 0 Å². The average Bonchev–Trinajstić information content (AvgIpc) is 2.19. The molecule has 0 aromatic rings. The molecule has 0 bridgehead atoms. The quantitative estimate of drug-likeness (QED) is 0.618. The lowest BCUT2D eigenvalue weighted by atomic mass is 9.75. The molecule has 1 fully saturated rings. The van der Waals surface area contributed by atoms with Crippen LogP contribution in [0.5, 0.6) is 0 Å². The summed E-state index contributed by atoms with van der Waals surface area (Å²) in [4.78, 5) is 2.35. The van der Waals surface area contributed by atoms with E-state index >= 15 is 0 Å². The minimum absolute atomic E-state index is 0.131. The molecule has 3 nitrogen and oxygen atoms in total. The maximum absolute atomic E-state index is 6.19. The van der Waals surface area contributed by atoms with Gasteiger partial charge in [-0.15, -0.1) is 6.58 Å². The monoisotopic (exact) mass is 212 g/mol. The molecule has 0 aromatic heterocycles. The summed E-state index contributed by atoms with van der Waals surface area (Å²) >= 11 is 0. The molecule has 0 radical (unpaired) electrons. The maximum atomic E-state index is 6.19. The van der Waals surface area contributed by atoms with Gasteiger partial charge in [-0.1, -0.05) is 6.08 Å². The van der Waals surface area contributed by atoms with Crippen LogP contribution < -0.4 is 5.73 Å². The first-order chi connectivity index (χ1) is 7.20. The highest BCUT2D eigenvalue weighted by Crippen LogP contribution is 2.32. The minimum Gasteiger partial charge on any atom is -0.383 e. The predicted molar refractivity (Wildman–Crippen MR) is 63.9 cm³/mol. The van der Waals surface area contributed by atoms with Gasteiger partial charge in [0.1, 0.15) is 0 Å². The summed E-state index contributed by atoms with van der Waals surface area (Å²) in [5.74, 6) is 0. The summed E-state index contributed by atoms with van der Waals surface area (Å²) in [6, 6.07) is 0. The molecule has 15 heavy (non-hydrogen) atoms. The molecule has 0 saturated heterocycles. The van der Waals surface area contributed by atoms with Crippen LogP contribution in [-0.4, -0.2) is 43.8 Å². The Morgan fingerprint density at radius 2 is 2.20 bits per heavy atom. The van der Waals surface area contributed by atoms with E-state index in [1.54, 1.807) is 7.11 Å². The van der Waals surface area contributed by atoms with Gasteiger partial charge in [0.25, 0.3) is 0 Å². The van der Waals surface area contributed by atoms with Crippen LogP contribution in [0.1, 0.15) is 25.7 Å². The molecule has 0 aromatic carbocycles. The fourth-order valence-electron chi connectivity index (χ4n) is 1.96. The second-order valence-electron chi connectivity index (χ2n) is 4.55. The molecule has 0 spiro atoms. The van der Waals surface area contributed by atoms with E-state index in [0.29, 0.717) is 0 Å².